The molecular formula is C26H23FN4O3. The first kappa shape index (κ1) is 22.9. The molecule has 0 aliphatic rings. The van der Waals surface area contributed by atoms with Gasteiger partial charge in [-0.25, -0.2) is 9.07 Å². The summed E-state index contributed by atoms with van der Waals surface area (Å²) in [5, 5.41) is 7.37. The number of pyridine rings is 1. The predicted octanol–water partition coefficient (Wildman–Crippen LogP) is 4.75. The van der Waals surface area contributed by atoms with Crippen LogP contribution in [0.25, 0.3) is 23.0 Å². The number of para-hydroxylation sites is 1. The maximum absolute atomic E-state index is 13.8. The number of nitrogens with zero attached hydrogens (tertiary/aromatic N) is 3. The van der Waals surface area contributed by atoms with Gasteiger partial charge < -0.3 is 14.8 Å². The summed E-state index contributed by atoms with van der Waals surface area (Å²) in [6, 6.07) is 17.3. The number of amides is 1. The van der Waals surface area contributed by atoms with E-state index in [-0.39, 0.29) is 12.3 Å². The highest BCUT2D eigenvalue weighted by Crippen LogP contribution is 2.26. The second-order valence-electron chi connectivity index (χ2n) is 7.26. The molecule has 0 spiro atoms. The van der Waals surface area contributed by atoms with Gasteiger partial charge in [0.15, 0.2) is 0 Å². The molecule has 34 heavy (non-hydrogen) atoms. The molecule has 0 aliphatic carbocycles. The van der Waals surface area contributed by atoms with Crippen LogP contribution in [0.5, 0.6) is 5.75 Å². The van der Waals surface area contributed by atoms with Crippen LogP contribution in [0.3, 0.4) is 0 Å². The first-order valence-corrected chi connectivity index (χ1v) is 10.6. The van der Waals surface area contributed by atoms with Gasteiger partial charge in [-0.2, -0.15) is 5.10 Å². The molecule has 7 nitrogen and oxygen atoms in total. The molecule has 1 N–H and O–H groups in total. The topological polar surface area (TPSA) is 78.3 Å². The van der Waals surface area contributed by atoms with E-state index in [9.17, 15) is 9.18 Å². The summed E-state index contributed by atoms with van der Waals surface area (Å²) in [6.07, 6.45) is 8.27. The highest BCUT2D eigenvalue weighted by molar-refractivity contribution is 6.03. The number of halogens is 1. The van der Waals surface area contributed by atoms with Crippen LogP contribution in [0.4, 0.5) is 10.1 Å². The van der Waals surface area contributed by atoms with Gasteiger partial charge in [-0.3, -0.25) is 9.78 Å². The lowest BCUT2D eigenvalue weighted by Crippen LogP contribution is -2.11. The van der Waals surface area contributed by atoms with E-state index in [1.807, 2.05) is 48.7 Å². The van der Waals surface area contributed by atoms with Crippen molar-refractivity contribution >= 4 is 17.7 Å². The largest absolute Gasteiger partial charge is 0.489 e. The third-order valence-corrected chi connectivity index (χ3v) is 4.86. The summed E-state index contributed by atoms with van der Waals surface area (Å²) >= 11 is 0. The van der Waals surface area contributed by atoms with Crippen LogP contribution >= 0.6 is 0 Å². The Kier molecular flexibility index (Phi) is 7.42. The number of methoxy groups -OCH3 is 1. The van der Waals surface area contributed by atoms with Crippen LogP contribution < -0.4 is 10.1 Å². The molecule has 0 aliphatic heterocycles. The summed E-state index contributed by atoms with van der Waals surface area (Å²) in [5.41, 5.74) is 3.34. The Labute approximate surface area is 196 Å². The third-order valence-electron chi connectivity index (χ3n) is 4.86. The van der Waals surface area contributed by atoms with Crippen molar-refractivity contribution in [2.24, 2.45) is 0 Å². The monoisotopic (exact) mass is 458 g/mol. The number of hydrogen-bond acceptors (Lipinski definition) is 5. The smallest absolute Gasteiger partial charge is 0.248 e. The van der Waals surface area contributed by atoms with Crippen LogP contribution in [-0.4, -0.2) is 41.0 Å². The van der Waals surface area contributed by atoms with Crippen LogP contribution in [0.15, 0.2) is 85.3 Å². The second-order valence-corrected chi connectivity index (χ2v) is 7.26. The van der Waals surface area contributed by atoms with E-state index >= 15 is 0 Å². The SMILES string of the molecule is COCCOc1ccc(F)cc1NC(=O)C=Cc1cn(-c2ccccc2)nc1-c1cccnc1. The minimum atomic E-state index is -0.485. The minimum Gasteiger partial charge on any atom is -0.489 e. The van der Waals surface area contributed by atoms with E-state index in [2.05, 4.69) is 10.3 Å². The Morgan fingerprint density at radius 1 is 1.12 bits per heavy atom. The van der Waals surface area contributed by atoms with Crippen molar-refractivity contribution in [2.45, 2.75) is 0 Å². The van der Waals surface area contributed by atoms with E-state index in [1.54, 1.807) is 30.3 Å². The van der Waals surface area contributed by atoms with Crippen LogP contribution in [0, 0.1) is 5.82 Å². The van der Waals surface area contributed by atoms with E-state index in [4.69, 9.17) is 14.6 Å². The molecule has 2 aromatic carbocycles. The van der Waals surface area contributed by atoms with E-state index in [0.29, 0.717) is 18.1 Å². The lowest BCUT2D eigenvalue weighted by molar-refractivity contribution is -0.111. The number of benzene rings is 2. The first-order valence-electron chi connectivity index (χ1n) is 10.6. The molecule has 0 saturated heterocycles. The summed E-state index contributed by atoms with van der Waals surface area (Å²) in [7, 11) is 1.56. The molecule has 1 amide bonds. The molecule has 2 heterocycles. The van der Waals surface area contributed by atoms with Gasteiger partial charge in [0.05, 0.1) is 18.0 Å². The average Bonchev–Trinajstić information content (AvgIpc) is 3.30. The van der Waals surface area contributed by atoms with Gasteiger partial charge in [-0.05, 0) is 42.5 Å². The molecule has 172 valence electrons. The Hall–Kier alpha value is -4.30. The first-order chi connectivity index (χ1) is 16.6. The number of anilines is 1. The average molecular weight is 458 g/mol. The van der Waals surface area contributed by atoms with Crippen molar-refractivity contribution in [3.8, 4) is 22.7 Å². The predicted molar refractivity (Wildman–Crippen MR) is 128 cm³/mol. The normalized spacial score (nSPS) is 11.0. The highest BCUT2D eigenvalue weighted by Gasteiger charge is 2.12. The lowest BCUT2D eigenvalue weighted by atomic mass is 10.1. The molecule has 2 aromatic heterocycles. The summed E-state index contributed by atoms with van der Waals surface area (Å²) in [4.78, 5) is 16.8. The number of hydrogen-bond donors (Lipinski definition) is 1. The molecule has 8 heteroatoms. The fourth-order valence-corrected chi connectivity index (χ4v) is 3.25. The van der Waals surface area contributed by atoms with Gasteiger partial charge in [-0.1, -0.05) is 18.2 Å². The van der Waals surface area contributed by atoms with Crippen LogP contribution in [-0.2, 0) is 9.53 Å². The molecule has 0 fully saturated rings. The maximum Gasteiger partial charge on any atom is 0.248 e. The standard InChI is InChI=1S/C26H23FN4O3/c1-33-14-15-34-24-11-10-21(27)16-23(24)29-25(32)12-9-20-18-31(22-7-3-2-4-8-22)30-26(20)19-6-5-13-28-17-19/h2-13,16-18H,14-15H2,1H3,(H,29,32). The van der Waals surface area contributed by atoms with Crippen molar-refractivity contribution in [1.82, 2.24) is 14.8 Å². The number of nitrogens with one attached hydrogen (secondary N) is 1. The molecule has 0 atom stereocenters. The van der Waals surface area contributed by atoms with Crippen molar-refractivity contribution in [2.75, 3.05) is 25.6 Å². The summed E-state index contributed by atoms with van der Waals surface area (Å²) in [6.45, 7) is 0.640. The van der Waals surface area contributed by atoms with Gasteiger partial charge in [0.1, 0.15) is 23.9 Å². The number of carbonyl (C=O) groups is 1. The van der Waals surface area contributed by atoms with Crippen LogP contribution in [0.2, 0.25) is 0 Å². The van der Waals surface area contributed by atoms with Gasteiger partial charge in [0.25, 0.3) is 0 Å². The van der Waals surface area contributed by atoms with Crippen molar-refractivity contribution < 1.29 is 18.7 Å². The zero-order valence-corrected chi connectivity index (χ0v) is 18.5. The molecule has 0 saturated carbocycles. The lowest BCUT2D eigenvalue weighted by Gasteiger charge is -2.11. The molecule has 0 unspecified atom stereocenters. The molecule has 4 aromatic rings. The molecule has 4 rings (SSSR count). The van der Waals surface area contributed by atoms with Crippen molar-refractivity contribution in [3.63, 3.8) is 0 Å². The Balaban J connectivity index is 1.58. The van der Waals surface area contributed by atoms with Gasteiger partial charge in [0, 0.05) is 49.0 Å². The summed E-state index contributed by atoms with van der Waals surface area (Å²) in [5.74, 6) is -0.568. The fraction of sp³-hybridized carbons (Fsp3) is 0.115. The zero-order chi connectivity index (χ0) is 23.8. The van der Waals surface area contributed by atoms with Crippen molar-refractivity contribution in [3.05, 3.63) is 96.7 Å². The third kappa shape index (κ3) is 5.73. The maximum atomic E-state index is 13.8. The minimum absolute atomic E-state index is 0.234. The van der Waals surface area contributed by atoms with Gasteiger partial charge in [0.2, 0.25) is 5.91 Å². The number of ether oxygens (including phenoxy) is 2. The van der Waals surface area contributed by atoms with Gasteiger partial charge in [-0.15, -0.1) is 0 Å². The number of carbonyl (C=O) groups excluding carboxylic acids is 1. The van der Waals surface area contributed by atoms with E-state index < -0.39 is 11.7 Å². The zero-order valence-electron chi connectivity index (χ0n) is 18.5. The van der Waals surface area contributed by atoms with Gasteiger partial charge >= 0.3 is 0 Å². The van der Waals surface area contributed by atoms with Crippen LogP contribution in [0.1, 0.15) is 5.56 Å². The highest BCUT2D eigenvalue weighted by atomic mass is 19.1. The Bertz CT molecular complexity index is 1270. The van der Waals surface area contributed by atoms with E-state index in [1.165, 1.54) is 24.3 Å². The quantitative estimate of drug-likeness (QED) is 0.289. The molecule has 0 radical (unpaired) electrons. The number of aromatic nitrogens is 3. The van der Waals surface area contributed by atoms with E-state index in [0.717, 1.165) is 16.8 Å². The number of rotatable bonds is 9. The summed E-state index contributed by atoms with van der Waals surface area (Å²) < 4.78 is 26.1. The molecule has 0 bridgehead atoms. The second kappa shape index (κ2) is 11.0. The molecular weight excluding hydrogens is 435 g/mol. The Morgan fingerprint density at radius 2 is 1.97 bits per heavy atom. The fourth-order valence-electron chi connectivity index (χ4n) is 3.25. The Morgan fingerprint density at radius 3 is 2.74 bits per heavy atom. The van der Waals surface area contributed by atoms with Crippen molar-refractivity contribution in [1.29, 1.82) is 0 Å².